The lowest BCUT2D eigenvalue weighted by atomic mass is 10.5. The van der Waals surface area contributed by atoms with Crippen LogP contribution in [0.2, 0.25) is 0 Å². The van der Waals surface area contributed by atoms with Gasteiger partial charge in [-0.2, -0.15) is 0 Å². The molecule has 0 aliphatic rings. The molecule has 0 rings (SSSR count). The summed E-state index contributed by atoms with van der Waals surface area (Å²) < 4.78 is 4.39. The smallest absolute Gasteiger partial charge is 0.375 e. The number of carbonyl (C=O) groups excluding carboxylic acids is 1. The van der Waals surface area contributed by atoms with E-state index < -0.39 is 11.7 Å². The second-order valence-electron chi connectivity index (χ2n) is 1.44. The number of aliphatic hydroxyl groups excluding tert-OH is 1. The van der Waals surface area contributed by atoms with E-state index in [2.05, 4.69) is 11.3 Å². The third-order valence-corrected chi connectivity index (χ3v) is 0.699. The molecule has 0 fully saturated rings. The van der Waals surface area contributed by atoms with Crippen LogP contribution in [-0.4, -0.2) is 17.7 Å². The Balaban J connectivity index is 3.74. The molecule has 0 aliphatic heterocycles. The van der Waals surface area contributed by atoms with Crippen LogP contribution >= 0.6 is 0 Å². The number of esters is 1. The fourth-order valence-electron chi connectivity index (χ4n) is 0.277. The zero-order chi connectivity index (χ0) is 7.98. The number of rotatable bonds is 3. The summed E-state index contributed by atoms with van der Waals surface area (Å²) in [5.74, 6) is -1.44. The molecule has 3 N–H and O–H groups in total. The summed E-state index contributed by atoms with van der Waals surface area (Å²) in [4.78, 5) is 10.5. The topological polar surface area (TPSA) is 72.5 Å². The third-order valence-electron chi connectivity index (χ3n) is 0.699. The van der Waals surface area contributed by atoms with E-state index in [0.717, 1.165) is 6.20 Å². The molecule has 4 nitrogen and oxygen atoms in total. The second kappa shape index (κ2) is 4.43. The minimum absolute atomic E-state index is 0.0662. The molecule has 0 saturated carbocycles. The molecule has 0 radical (unpaired) electrons. The Morgan fingerprint density at radius 1 is 1.80 bits per heavy atom. The van der Waals surface area contributed by atoms with Gasteiger partial charge in [-0.05, 0) is 0 Å². The summed E-state index contributed by atoms with van der Waals surface area (Å²) in [6, 6.07) is 0. The first kappa shape index (κ1) is 8.55. The molecule has 0 spiro atoms. The van der Waals surface area contributed by atoms with Gasteiger partial charge in [0.15, 0.2) is 0 Å². The maximum absolute atomic E-state index is 10.5. The van der Waals surface area contributed by atoms with Crippen LogP contribution in [0, 0.1) is 0 Å². The number of nitrogens with two attached hydrogens (primary N) is 1. The molecular weight excluding hydrogens is 134 g/mol. The number of aliphatic hydroxyl groups is 1. The van der Waals surface area contributed by atoms with Crippen molar-refractivity contribution in [3.8, 4) is 0 Å². The summed E-state index contributed by atoms with van der Waals surface area (Å²) >= 11 is 0. The maximum Gasteiger partial charge on any atom is 0.375 e. The summed E-state index contributed by atoms with van der Waals surface area (Å²) in [6.45, 7) is 3.37. The van der Waals surface area contributed by atoms with Gasteiger partial charge in [-0.1, -0.05) is 12.7 Å². The Morgan fingerprint density at radius 2 is 2.40 bits per heavy atom. The van der Waals surface area contributed by atoms with Crippen LogP contribution in [0.25, 0.3) is 0 Å². The average Bonchev–Trinajstić information content (AvgIpc) is 1.98. The van der Waals surface area contributed by atoms with Crippen molar-refractivity contribution in [3.63, 3.8) is 0 Å². The number of hydrogen-bond donors (Lipinski definition) is 2. The third kappa shape index (κ3) is 2.76. The van der Waals surface area contributed by atoms with Crippen LogP contribution in [0.3, 0.4) is 0 Å². The molecule has 0 aromatic heterocycles. The summed E-state index contributed by atoms with van der Waals surface area (Å²) in [6.07, 6.45) is 2.16. The summed E-state index contributed by atoms with van der Waals surface area (Å²) in [5.41, 5.74) is 4.81. The maximum atomic E-state index is 10.5. The van der Waals surface area contributed by atoms with E-state index in [9.17, 15) is 4.79 Å². The van der Waals surface area contributed by atoms with Crippen LogP contribution in [0.5, 0.6) is 0 Å². The molecule has 10 heavy (non-hydrogen) atoms. The summed E-state index contributed by atoms with van der Waals surface area (Å²) in [7, 11) is 0. The van der Waals surface area contributed by atoms with E-state index in [0.29, 0.717) is 0 Å². The fourth-order valence-corrected chi connectivity index (χ4v) is 0.277. The molecule has 0 atom stereocenters. The van der Waals surface area contributed by atoms with Crippen LogP contribution in [-0.2, 0) is 9.53 Å². The molecule has 0 heterocycles. The highest BCUT2D eigenvalue weighted by Gasteiger charge is 2.05. The number of hydrogen-bond acceptors (Lipinski definition) is 4. The van der Waals surface area contributed by atoms with Crippen molar-refractivity contribution in [2.45, 2.75) is 0 Å². The highest BCUT2D eigenvalue weighted by atomic mass is 16.5. The van der Waals surface area contributed by atoms with Crippen molar-refractivity contribution in [1.82, 2.24) is 0 Å². The van der Waals surface area contributed by atoms with Gasteiger partial charge in [0.1, 0.15) is 6.61 Å². The van der Waals surface area contributed by atoms with Gasteiger partial charge in [-0.25, -0.2) is 4.79 Å². The Morgan fingerprint density at radius 3 is 2.80 bits per heavy atom. The molecule has 4 heteroatoms. The minimum Gasteiger partial charge on any atom is -0.501 e. The predicted molar refractivity (Wildman–Crippen MR) is 36.1 cm³/mol. The monoisotopic (exact) mass is 143 g/mol. The van der Waals surface area contributed by atoms with Crippen molar-refractivity contribution < 1.29 is 14.6 Å². The van der Waals surface area contributed by atoms with Gasteiger partial charge in [0.25, 0.3) is 0 Å². The van der Waals surface area contributed by atoms with Crippen LogP contribution in [0.15, 0.2) is 24.6 Å². The highest BCUT2D eigenvalue weighted by Crippen LogP contribution is 1.89. The zero-order valence-electron chi connectivity index (χ0n) is 5.41. The SMILES string of the molecule is C=CCOC(=O)C(O)=CN. The van der Waals surface area contributed by atoms with E-state index in [-0.39, 0.29) is 6.61 Å². The van der Waals surface area contributed by atoms with Gasteiger partial charge in [0, 0.05) is 6.20 Å². The van der Waals surface area contributed by atoms with Gasteiger partial charge < -0.3 is 15.6 Å². The zero-order valence-corrected chi connectivity index (χ0v) is 5.41. The van der Waals surface area contributed by atoms with Crippen LogP contribution in [0.4, 0.5) is 0 Å². The van der Waals surface area contributed by atoms with E-state index >= 15 is 0 Å². The lowest BCUT2D eigenvalue weighted by molar-refractivity contribution is -0.140. The van der Waals surface area contributed by atoms with E-state index in [1.807, 2.05) is 0 Å². The molecule has 56 valence electrons. The average molecular weight is 143 g/mol. The molecule has 0 aromatic rings. The molecule has 0 aliphatic carbocycles. The van der Waals surface area contributed by atoms with Crippen LogP contribution < -0.4 is 5.73 Å². The molecule has 0 bridgehead atoms. The minimum atomic E-state index is -0.845. The Bertz CT molecular complexity index is 162. The first-order chi connectivity index (χ1) is 4.72. The Kier molecular flexibility index (Phi) is 3.79. The molecular formula is C6H9NO3. The van der Waals surface area contributed by atoms with E-state index in [1.165, 1.54) is 6.08 Å². The quantitative estimate of drug-likeness (QED) is 0.254. The van der Waals surface area contributed by atoms with Crippen molar-refractivity contribution in [2.75, 3.05) is 6.61 Å². The Labute approximate surface area is 58.6 Å². The van der Waals surface area contributed by atoms with Crippen molar-refractivity contribution in [3.05, 3.63) is 24.6 Å². The largest absolute Gasteiger partial charge is 0.501 e. The second-order valence-corrected chi connectivity index (χ2v) is 1.44. The number of carbonyl (C=O) groups is 1. The normalized spacial score (nSPS) is 10.6. The first-order valence-electron chi connectivity index (χ1n) is 2.61. The molecule has 0 saturated heterocycles. The molecule has 0 unspecified atom stereocenters. The van der Waals surface area contributed by atoms with Crippen LogP contribution in [0.1, 0.15) is 0 Å². The van der Waals surface area contributed by atoms with E-state index in [1.54, 1.807) is 0 Å². The van der Waals surface area contributed by atoms with Gasteiger partial charge in [-0.15, -0.1) is 0 Å². The van der Waals surface area contributed by atoms with Gasteiger partial charge >= 0.3 is 5.97 Å². The summed E-state index contributed by atoms with van der Waals surface area (Å²) in [5, 5.41) is 8.58. The lowest BCUT2D eigenvalue weighted by Gasteiger charge is -1.97. The van der Waals surface area contributed by atoms with Gasteiger partial charge in [0.2, 0.25) is 5.76 Å². The fraction of sp³-hybridized carbons (Fsp3) is 0.167. The van der Waals surface area contributed by atoms with Gasteiger partial charge in [-0.3, -0.25) is 0 Å². The van der Waals surface area contributed by atoms with Crippen molar-refractivity contribution in [1.29, 1.82) is 0 Å². The molecule has 0 aromatic carbocycles. The lowest BCUT2D eigenvalue weighted by Crippen LogP contribution is -2.08. The Hall–Kier alpha value is -1.45. The standard InChI is InChI=1S/C6H9NO3/c1-2-3-10-6(9)5(8)4-7/h2,4,8H,1,3,7H2. The predicted octanol–water partition coefficient (Wildman–Crippen LogP) is 0.0737. The molecule has 0 amide bonds. The van der Waals surface area contributed by atoms with Crippen molar-refractivity contribution >= 4 is 5.97 Å². The van der Waals surface area contributed by atoms with Crippen molar-refractivity contribution in [2.24, 2.45) is 5.73 Å². The van der Waals surface area contributed by atoms with E-state index in [4.69, 9.17) is 10.8 Å². The first-order valence-corrected chi connectivity index (χ1v) is 2.61. The highest BCUT2D eigenvalue weighted by molar-refractivity contribution is 5.85. The van der Waals surface area contributed by atoms with Gasteiger partial charge in [0.05, 0.1) is 0 Å². The number of ether oxygens (including phenoxy) is 1.